The molecule has 0 unspecified atom stereocenters. The molecule has 1 aromatic carbocycles. The van der Waals surface area contributed by atoms with Crippen molar-refractivity contribution in [2.45, 2.75) is 45.8 Å². The largest absolute Gasteiger partial charge is 0.496 e. The van der Waals surface area contributed by atoms with Gasteiger partial charge in [-0.3, -0.25) is 4.98 Å². The molecule has 1 aliphatic rings. The molecule has 1 fully saturated rings. The summed E-state index contributed by atoms with van der Waals surface area (Å²) in [7, 11) is -0.562. The Hall–Kier alpha value is -1.63. The van der Waals surface area contributed by atoms with E-state index in [1.807, 2.05) is 33.8 Å². The van der Waals surface area contributed by atoms with E-state index >= 15 is 0 Å². The van der Waals surface area contributed by atoms with Gasteiger partial charge in [0.05, 0.1) is 28.9 Å². The molecule has 0 spiro atoms. The number of pyridine rings is 1. The van der Waals surface area contributed by atoms with Crippen LogP contribution in [0.5, 0.6) is 0 Å². The van der Waals surface area contributed by atoms with Gasteiger partial charge in [-0.1, -0.05) is 11.6 Å². The van der Waals surface area contributed by atoms with Crippen molar-refractivity contribution >= 4 is 41.1 Å². The standard InChI is InChI=1S/C18H21BClNO4/c1-6-23-16(22)12-7-11-8-14(20)13(9-15(11)21-10-12)19-24-17(2,3)18(4,5)25-19/h7-10H,6H2,1-5H3. The van der Waals surface area contributed by atoms with Crippen LogP contribution in [-0.4, -0.2) is 35.9 Å². The number of rotatable bonds is 3. The van der Waals surface area contributed by atoms with E-state index in [1.54, 1.807) is 19.1 Å². The molecule has 25 heavy (non-hydrogen) atoms. The van der Waals surface area contributed by atoms with Gasteiger partial charge < -0.3 is 14.0 Å². The van der Waals surface area contributed by atoms with Crippen LogP contribution >= 0.6 is 11.6 Å². The molecule has 5 nitrogen and oxygen atoms in total. The molecule has 0 atom stereocenters. The van der Waals surface area contributed by atoms with Crippen molar-refractivity contribution in [3.8, 4) is 0 Å². The van der Waals surface area contributed by atoms with Crippen LogP contribution in [-0.2, 0) is 14.0 Å². The molecular weight excluding hydrogens is 340 g/mol. The maximum absolute atomic E-state index is 11.9. The van der Waals surface area contributed by atoms with Crippen LogP contribution in [0.25, 0.3) is 10.9 Å². The minimum Gasteiger partial charge on any atom is -0.462 e. The highest BCUT2D eigenvalue weighted by Crippen LogP contribution is 2.37. The Morgan fingerprint density at radius 1 is 1.20 bits per heavy atom. The predicted octanol–water partition coefficient (Wildman–Crippen LogP) is 3.36. The Balaban J connectivity index is 1.98. The van der Waals surface area contributed by atoms with Gasteiger partial charge in [0, 0.05) is 22.1 Å². The van der Waals surface area contributed by atoms with Crippen LogP contribution in [0, 0.1) is 0 Å². The van der Waals surface area contributed by atoms with Crippen LogP contribution in [0.2, 0.25) is 5.02 Å². The number of hydrogen-bond acceptors (Lipinski definition) is 5. The first-order valence-electron chi connectivity index (χ1n) is 8.26. The summed E-state index contributed by atoms with van der Waals surface area (Å²) < 4.78 is 17.1. The first-order valence-corrected chi connectivity index (χ1v) is 8.64. The van der Waals surface area contributed by atoms with Gasteiger partial charge >= 0.3 is 13.1 Å². The summed E-state index contributed by atoms with van der Waals surface area (Å²) in [4.78, 5) is 16.2. The van der Waals surface area contributed by atoms with Gasteiger partial charge in [0.15, 0.2) is 0 Å². The lowest BCUT2D eigenvalue weighted by molar-refractivity contribution is 0.00578. The Morgan fingerprint density at radius 3 is 2.44 bits per heavy atom. The SMILES string of the molecule is CCOC(=O)c1cnc2cc(B3OC(C)(C)C(C)(C)O3)c(Cl)cc2c1. The third kappa shape index (κ3) is 3.26. The number of halogens is 1. The first-order chi connectivity index (χ1) is 11.6. The normalized spacial score (nSPS) is 18.6. The van der Waals surface area contributed by atoms with Crippen LogP contribution in [0.1, 0.15) is 45.0 Å². The van der Waals surface area contributed by atoms with Crippen molar-refractivity contribution in [3.63, 3.8) is 0 Å². The number of benzene rings is 1. The zero-order valence-corrected chi connectivity index (χ0v) is 15.8. The summed E-state index contributed by atoms with van der Waals surface area (Å²) in [6, 6.07) is 5.34. The van der Waals surface area contributed by atoms with E-state index in [0.717, 1.165) is 10.8 Å². The average Bonchev–Trinajstić information content (AvgIpc) is 2.74. The molecule has 0 aliphatic carbocycles. The first kappa shape index (κ1) is 18.2. The molecule has 132 valence electrons. The molecule has 1 aliphatic heterocycles. The zero-order chi connectivity index (χ0) is 18.4. The third-order valence-electron chi connectivity index (χ3n) is 4.82. The molecule has 0 radical (unpaired) electrons. The fraction of sp³-hybridized carbons (Fsp3) is 0.444. The molecule has 2 heterocycles. The second-order valence-corrected chi connectivity index (χ2v) is 7.51. The van der Waals surface area contributed by atoms with Crippen molar-refractivity contribution in [2.24, 2.45) is 0 Å². The Morgan fingerprint density at radius 2 is 1.84 bits per heavy atom. The lowest BCUT2D eigenvalue weighted by Crippen LogP contribution is -2.41. The topological polar surface area (TPSA) is 57.7 Å². The van der Waals surface area contributed by atoms with E-state index < -0.39 is 24.3 Å². The highest BCUT2D eigenvalue weighted by atomic mass is 35.5. The number of fused-ring (bicyclic) bond motifs is 1. The number of ether oxygens (including phenoxy) is 1. The smallest absolute Gasteiger partial charge is 0.462 e. The summed E-state index contributed by atoms with van der Waals surface area (Å²) in [6.45, 7) is 10.0. The van der Waals surface area contributed by atoms with Gasteiger partial charge in [-0.2, -0.15) is 0 Å². The van der Waals surface area contributed by atoms with Gasteiger partial charge in [0.1, 0.15) is 0 Å². The maximum atomic E-state index is 11.9. The van der Waals surface area contributed by atoms with Crippen LogP contribution in [0.4, 0.5) is 0 Å². The van der Waals surface area contributed by atoms with Crippen molar-refractivity contribution < 1.29 is 18.8 Å². The number of carbonyl (C=O) groups is 1. The molecule has 1 aromatic heterocycles. The summed E-state index contributed by atoms with van der Waals surface area (Å²) in [5.74, 6) is -0.400. The lowest BCUT2D eigenvalue weighted by atomic mass is 9.78. The van der Waals surface area contributed by atoms with Gasteiger partial charge in [0.25, 0.3) is 0 Å². The summed E-state index contributed by atoms with van der Waals surface area (Å²) >= 11 is 6.46. The number of aromatic nitrogens is 1. The molecule has 3 rings (SSSR count). The number of esters is 1. The van der Waals surface area contributed by atoms with Crippen LogP contribution < -0.4 is 5.46 Å². The minimum absolute atomic E-state index is 0.318. The Kier molecular flexibility index (Phi) is 4.56. The zero-order valence-electron chi connectivity index (χ0n) is 15.1. The minimum atomic E-state index is -0.562. The fourth-order valence-electron chi connectivity index (χ4n) is 2.64. The molecule has 0 bridgehead atoms. The maximum Gasteiger partial charge on any atom is 0.496 e. The van der Waals surface area contributed by atoms with E-state index in [4.69, 9.17) is 25.6 Å². The van der Waals surface area contributed by atoms with E-state index in [0.29, 0.717) is 22.7 Å². The van der Waals surface area contributed by atoms with Crippen molar-refractivity contribution in [3.05, 3.63) is 35.0 Å². The predicted molar refractivity (Wildman–Crippen MR) is 98.4 cm³/mol. The van der Waals surface area contributed by atoms with Crippen LogP contribution in [0.15, 0.2) is 24.4 Å². The molecular formula is C18H21BClNO4. The second kappa shape index (κ2) is 6.27. The highest BCUT2D eigenvalue weighted by molar-refractivity contribution is 6.66. The fourth-order valence-corrected chi connectivity index (χ4v) is 2.90. The van der Waals surface area contributed by atoms with Crippen molar-refractivity contribution in [1.82, 2.24) is 4.98 Å². The molecule has 0 N–H and O–H groups in total. The molecule has 1 saturated heterocycles. The van der Waals surface area contributed by atoms with Crippen molar-refractivity contribution in [1.29, 1.82) is 0 Å². The lowest BCUT2D eigenvalue weighted by Gasteiger charge is -2.32. The number of nitrogens with zero attached hydrogens (tertiary/aromatic N) is 1. The summed E-state index contributed by atoms with van der Waals surface area (Å²) in [5, 5.41) is 1.27. The van der Waals surface area contributed by atoms with Crippen LogP contribution in [0.3, 0.4) is 0 Å². The quantitative estimate of drug-likeness (QED) is 0.620. The molecule has 2 aromatic rings. The number of carbonyl (C=O) groups excluding carboxylic acids is 1. The van der Waals surface area contributed by atoms with E-state index in [1.165, 1.54) is 6.20 Å². The average molecular weight is 362 g/mol. The third-order valence-corrected chi connectivity index (χ3v) is 5.15. The molecule has 0 saturated carbocycles. The highest BCUT2D eigenvalue weighted by Gasteiger charge is 2.52. The Labute approximate surface area is 152 Å². The second-order valence-electron chi connectivity index (χ2n) is 7.10. The molecule has 0 amide bonds. The monoisotopic (exact) mass is 361 g/mol. The van der Waals surface area contributed by atoms with Gasteiger partial charge in [-0.05, 0) is 52.8 Å². The van der Waals surface area contributed by atoms with E-state index in [-0.39, 0.29) is 0 Å². The van der Waals surface area contributed by atoms with E-state index in [9.17, 15) is 4.79 Å². The summed E-state index contributed by atoms with van der Waals surface area (Å²) in [5.41, 5.74) is 0.939. The van der Waals surface area contributed by atoms with Gasteiger partial charge in [0.2, 0.25) is 0 Å². The summed E-state index contributed by atoms with van der Waals surface area (Å²) in [6.07, 6.45) is 1.50. The Bertz CT molecular complexity index is 821. The van der Waals surface area contributed by atoms with Gasteiger partial charge in [-0.15, -0.1) is 0 Å². The number of hydrogen-bond donors (Lipinski definition) is 0. The van der Waals surface area contributed by atoms with Crippen molar-refractivity contribution in [2.75, 3.05) is 6.61 Å². The van der Waals surface area contributed by atoms with Gasteiger partial charge in [-0.25, -0.2) is 4.79 Å². The molecule has 7 heteroatoms. The van der Waals surface area contributed by atoms with E-state index in [2.05, 4.69) is 4.98 Å².